The lowest BCUT2D eigenvalue weighted by Gasteiger charge is -2.20. The van der Waals surface area contributed by atoms with Crippen LogP contribution in [0.15, 0.2) is 24.3 Å². The summed E-state index contributed by atoms with van der Waals surface area (Å²) in [4.78, 5) is 0. The largest absolute Gasteiger partial charge is 0.491 e. The second-order valence-electron chi connectivity index (χ2n) is 6.70. The van der Waals surface area contributed by atoms with Crippen LogP contribution in [0, 0.1) is 0 Å². The standard InChI is InChI=1S/C17H27NO2/c1-13-5-8-16(20-13)12-19-15-9-6-14(7-10-15)11-18-17(2,3)4/h6-7,9-10,13,16,18H,5,8,11-12H2,1-4H3. The van der Waals surface area contributed by atoms with Crippen molar-refractivity contribution < 1.29 is 9.47 Å². The van der Waals surface area contributed by atoms with E-state index in [-0.39, 0.29) is 11.6 Å². The maximum Gasteiger partial charge on any atom is 0.119 e. The third kappa shape index (κ3) is 5.14. The zero-order valence-corrected chi connectivity index (χ0v) is 13.1. The Bertz CT molecular complexity index is 408. The summed E-state index contributed by atoms with van der Waals surface area (Å²) < 4.78 is 11.5. The Kier molecular flexibility index (Phi) is 5.06. The van der Waals surface area contributed by atoms with Crippen LogP contribution in [-0.4, -0.2) is 24.4 Å². The van der Waals surface area contributed by atoms with Gasteiger partial charge in [0.05, 0.1) is 12.2 Å². The Morgan fingerprint density at radius 2 is 1.90 bits per heavy atom. The SMILES string of the molecule is CC1CCC(COc2ccc(CNC(C)(C)C)cc2)O1. The monoisotopic (exact) mass is 277 g/mol. The van der Waals surface area contributed by atoms with Gasteiger partial charge in [-0.15, -0.1) is 0 Å². The summed E-state index contributed by atoms with van der Waals surface area (Å²) in [5.41, 5.74) is 1.42. The molecule has 20 heavy (non-hydrogen) atoms. The minimum absolute atomic E-state index is 0.145. The van der Waals surface area contributed by atoms with Gasteiger partial charge in [-0.05, 0) is 58.2 Å². The summed E-state index contributed by atoms with van der Waals surface area (Å²) in [6, 6.07) is 8.31. The van der Waals surface area contributed by atoms with Crippen molar-refractivity contribution in [3.8, 4) is 5.75 Å². The highest BCUT2D eigenvalue weighted by Crippen LogP contribution is 2.20. The molecule has 2 rings (SSSR count). The van der Waals surface area contributed by atoms with E-state index >= 15 is 0 Å². The zero-order valence-electron chi connectivity index (χ0n) is 13.1. The van der Waals surface area contributed by atoms with E-state index in [4.69, 9.17) is 9.47 Å². The van der Waals surface area contributed by atoms with Crippen molar-refractivity contribution >= 4 is 0 Å². The lowest BCUT2D eigenvalue weighted by atomic mass is 10.1. The summed E-state index contributed by atoms with van der Waals surface area (Å²) in [6.45, 7) is 10.2. The molecule has 1 aliphatic rings. The third-order valence-electron chi connectivity index (χ3n) is 3.50. The summed E-state index contributed by atoms with van der Waals surface area (Å²) in [5.74, 6) is 0.924. The smallest absolute Gasteiger partial charge is 0.119 e. The molecule has 0 amide bonds. The summed E-state index contributed by atoms with van der Waals surface area (Å²) >= 11 is 0. The topological polar surface area (TPSA) is 30.5 Å². The van der Waals surface area contributed by atoms with Crippen molar-refractivity contribution in [1.82, 2.24) is 5.32 Å². The number of hydrogen-bond donors (Lipinski definition) is 1. The number of nitrogens with one attached hydrogen (secondary N) is 1. The molecule has 1 heterocycles. The van der Waals surface area contributed by atoms with Crippen molar-refractivity contribution in [3.05, 3.63) is 29.8 Å². The van der Waals surface area contributed by atoms with Crippen LogP contribution in [0.4, 0.5) is 0 Å². The first-order valence-corrected chi connectivity index (χ1v) is 7.54. The minimum atomic E-state index is 0.145. The van der Waals surface area contributed by atoms with Crippen LogP contribution in [0.5, 0.6) is 5.75 Å². The Hall–Kier alpha value is -1.06. The lowest BCUT2D eigenvalue weighted by Crippen LogP contribution is -2.35. The average Bonchev–Trinajstić information content (AvgIpc) is 2.80. The highest BCUT2D eigenvalue weighted by atomic mass is 16.5. The normalized spacial score (nSPS) is 23.0. The molecule has 1 N–H and O–H groups in total. The van der Waals surface area contributed by atoms with Crippen LogP contribution < -0.4 is 10.1 Å². The molecule has 0 aliphatic carbocycles. The van der Waals surface area contributed by atoms with Crippen LogP contribution >= 0.6 is 0 Å². The molecule has 1 aliphatic heterocycles. The molecule has 112 valence electrons. The van der Waals surface area contributed by atoms with Crippen LogP contribution in [0.1, 0.15) is 46.1 Å². The summed E-state index contributed by atoms with van der Waals surface area (Å²) in [7, 11) is 0. The van der Waals surface area contributed by atoms with E-state index in [9.17, 15) is 0 Å². The molecule has 0 bridgehead atoms. The fourth-order valence-corrected chi connectivity index (χ4v) is 2.27. The quantitative estimate of drug-likeness (QED) is 0.893. The molecule has 2 unspecified atom stereocenters. The highest BCUT2D eigenvalue weighted by Gasteiger charge is 2.22. The Labute approximate surface area is 122 Å². The molecule has 1 saturated heterocycles. The van der Waals surface area contributed by atoms with Gasteiger partial charge in [0.2, 0.25) is 0 Å². The molecule has 0 saturated carbocycles. The van der Waals surface area contributed by atoms with E-state index in [1.54, 1.807) is 0 Å². The van der Waals surface area contributed by atoms with Crippen LogP contribution in [-0.2, 0) is 11.3 Å². The molecule has 3 nitrogen and oxygen atoms in total. The number of hydrogen-bond acceptors (Lipinski definition) is 3. The van der Waals surface area contributed by atoms with E-state index in [2.05, 4.69) is 45.1 Å². The molecular formula is C17H27NO2. The van der Waals surface area contributed by atoms with Crippen molar-refractivity contribution in [2.75, 3.05) is 6.61 Å². The van der Waals surface area contributed by atoms with E-state index in [0.717, 1.165) is 25.1 Å². The van der Waals surface area contributed by atoms with Crippen molar-refractivity contribution in [2.45, 2.75) is 64.8 Å². The summed E-state index contributed by atoms with van der Waals surface area (Å²) in [6.07, 6.45) is 2.89. The predicted molar refractivity (Wildman–Crippen MR) is 82.1 cm³/mol. The molecule has 3 heteroatoms. The summed E-state index contributed by atoms with van der Waals surface area (Å²) in [5, 5.41) is 3.48. The molecule has 1 fully saturated rings. The van der Waals surface area contributed by atoms with Gasteiger partial charge in [-0.25, -0.2) is 0 Å². The minimum Gasteiger partial charge on any atom is -0.491 e. The van der Waals surface area contributed by atoms with Gasteiger partial charge in [0.15, 0.2) is 0 Å². The van der Waals surface area contributed by atoms with Gasteiger partial charge in [-0.3, -0.25) is 0 Å². The molecule has 0 spiro atoms. The fourth-order valence-electron chi connectivity index (χ4n) is 2.27. The molecule has 1 aromatic rings. The molecule has 1 aromatic carbocycles. The lowest BCUT2D eigenvalue weighted by molar-refractivity contribution is 0.0264. The first-order chi connectivity index (χ1) is 9.42. The first kappa shape index (κ1) is 15.3. The van der Waals surface area contributed by atoms with Gasteiger partial charge in [0, 0.05) is 12.1 Å². The average molecular weight is 277 g/mol. The Balaban J connectivity index is 1.76. The second-order valence-corrected chi connectivity index (χ2v) is 6.70. The van der Waals surface area contributed by atoms with E-state index in [1.807, 2.05) is 12.1 Å². The van der Waals surface area contributed by atoms with Gasteiger partial charge < -0.3 is 14.8 Å². The van der Waals surface area contributed by atoms with E-state index in [1.165, 1.54) is 5.56 Å². The van der Waals surface area contributed by atoms with Crippen LogP contribution in [0.3, 0.4) is 0 Å². The highest BCUT2D eigenvalue weighted by molar-refractivity contribution is 5.27. The van der Waals surface area contributed by atoms with Gasteiger partial charge in [0.25, 0.3) is 0 Å². The predicted octanol–water partition coefficient (Wildman–Crippen LogP) is 3.52. The van der Waals surface area contributed by atoms with Crippen LogP contribution in [0.25, 0.3) is 0 Å². The molecule has 0 aromatic heterocycles. The number of rotatable bonds is 5. The van der Waals surface area contributed by atoms with E-state index in [0.29, 0.717) is 12.7 Å². The second kappa shape index (κ2) is 6.59. The van der Waals surface area contributed by atoms with Crippen molar-refractivity contribution in [3.63, 3.8) is 0 Å². The molecule has 2 atom stereocenters. The van der Waals surface area contributed by atoms with E-state index < -0.39 is 0 Å². The third-order valence-corrected chi connectivity index (χ3v) is 3.50. The van der Waals surface area contributed by atoms with Gasteiger partial charge in [-0.2, -0.15) is 0 Å². The molecular weight excluding hydrogens is 250 g/mol. The Morgan fingerprint density at radius 3 is 2.45 bits per heavy atom. The van der Waals surface area contributed by atoms with Crippen LogP contribution in [0.2, 0.25) is 0 Å². The van der Waals surface area contributed by atoms with Crippen molar-refractivity contribution in [2.24, 2.45) is 0 Å². The maximum absolute atomic E-state index is 5.79. The zero-order chi connectivity index (χ0) is 14.6. The van der Waals surface area contributed by atoms with Gasteiger partial charge >= 0.3 is 0 Å². The van der Waals surface area contributed by atoms with Gasteiger partial charge in [-0.1, -0.05) is 12.1 Å². The maximum atomic E-state index is 5.79. The van der Waals surface area contributed by atoms with Crippen molar-refractivity contribution in [1.29, 1.82) is 0 Å². The first-order valence-electron chi connectivity index (χ1n) is 7.54. The Morgan fingerprint density at radius 1 is 1.20 bits per heavy atom. The molecule has 0 radical (unpaired) electrons. The van der Waals surface area contributed by atoms with Gasteiger partial charge in [0.1, 0.15) is 12.4 Å². The number of ether oxygens (including phenoxy) is 2. The number of benzene rings is 1. The fraction of sp³-hybridized carbons (Fsp3) is 0.647.